The summed E-state index contributed by atoms with van der Waals surface area (Å²) in [6.45, 7) is 0. The van der Waals surface area contributed by atoms with Crippen LogP contribution in [0.25, 0.3) is 0 Å². The van der Waals surface area contributed by atoms with Gasteiger partial charge in [0.2, 0.25) is 5.95 Å². The number of para-hydroxylation sites is 2. The third kappa shape index (κ3) is 5.41. The second kappa shape index (κ2) is 11.4. The van der Waals surface area contributed by atoms with Gasteiger partial charge in [-0.25, -0.2) is 4.98 Å². The van der Waals surface area contributed by atoms with Crippen LogP contribution in [0.5, 0.6) is 11.5 Å². The summed E-state index contributed by atoms with van der Waals surface area (Å²) in [7, 11) is 4.64. The Hall–Kier alpha value is -4.92. The zero-order chi connectivity index (χ0) is 27.1. The molecule has 5 N–H and O–H groups in total. The van der Waals surface area contributed by atoms with Gasteiger partial charge in [0.25, 0.3) is 0 Å². The number of rotatable bonds is 5. The van der Waals surface area contributed by atoms with E-state index in [9.17, 15) is 5.11 Å². The molecular formula is C30H27N4O4. The number of anilines is 2. The normalized spacial score (nSPS) is 18.1. The van der Waals surface area contributed by atoms with Crippen LogP contribution in [0.2, 0.25) is 0 Å². The molecule has 2 unspecified atom stereocenters. The van der Waals surface area contributed by atoms with Crippen molar-refractivity contribution in [1.82, 2.24) is 9.97 Å². The molecular weight excluding hydrogens is 480 g/mol. The highest BCUT2D eigenvalue weighted by Gasteiger charge is 2.40. The Morgan fingerprint density at radius 3 is 2.18 bits per heavy atom. The SMILES string of the molecule is COc1ccccc1C#CC1=C(O)C(Cc2cnc(N)nc2N)(OC)C=[C]C1C#Cc1ccccc1OC. The average molecular weight is 508 g/mol. The summed E-state index contributed by atoms with van der Waals surface area (Å²) in [5.74, 6) is 13.2. The molecule has 1 aliphatic carbocycles. The molecule has 0 fully saturated rings. The number of allylic oxidation sites excluding steroid dienone is 2. The lowest BCUT2D eigenvalue weighted by molar-refractivity contribution is 0.0248. The van der Waals surface area contributed by atoms with Crippen molar-refractivity contribution in [3.8, 4) is 35.2 Å². The number of hydrogen-bond acceptors (Lipinski definition) is 8. The van der Waals surface area contributed by atoms with Crippen molar-refractivity contribution in [2.75, 3.05) is 32.8 Å². The third-order valence-electron chi connectivity index (χ3n) is 6.06. The van der Waals surface area contributed by atoms with E-state index in [1.54, 1.807) is 20.3 Å². The number of methoxy groups -OCH3 is 3. The number of nitrogen functional groups attached to an aromatic ring is 2. The van der Waals surface area contributed by atoms with E-state index < -0.39 is 11.5 Å². The van der Waals surface area contributed by atoms with E-state index in [0.29, 0.717) is 33.8 Å². The maximum Gasteiger partial charge on any atom is 0.221 e. The van der Waals surface area contributed by atoms with Gasteiger partial charge in [0, 0.05) is 25.3 Å². The van der Waals surface area contributed by atoms with E-state index >= 15 is 0 Å². The Balaban J connectivity index is 1.82. The summed E-state index contributed by atoms with van der Waals surface area (Å²) >= 11 is 0. The fraction of sp³-hybridized carbons (Fsp3) is 0.200. The molecule has 0 aliphatic heterocycles. The van der Waals surface area contributed by atoms with Crippen LogP contribution in [-0.2, 0) is 11.2 Å². The number of nitrogens with zero attached hydrogens (tertiary/aromatic N) is 2. The maximum atomic E-state index is 11.6. The van der Waals surface area contributed by atoms with Crippen molar-refractivity contribution >= 4 is 11.8 Å². The Morgan fingerprint density at radius 1 is 0.947 bits per heavy atom. The first-order chi connectivity index (χ1) is 18.4. The fourth-order valence-corrected chi connectivity index (χ4v) is 3.98. The summed E-state index contributed by atoms with van der Waals surface area (Å²) in [5.41, 5.74) is 12.6. The average Bonchev–Trinajstić information content (AvgIpc) is 2.94. The number of aromatic nitrogens is 2. The first-order valence-corrected chi connectivity index (χ1v) is 11.7. The highest BCUT2D eigenvalue weighted by Crippen LogP contribution is 2.36. The molecule has 1 radical (unpaired) electrons. The predicted molar refractivity (Wildman–Crippen MR) is 145 cm³/mol. The number of hydrogen-bond donors (Lipinski definition) is 3. The van der Waals surface area contributed by atoms with Gasteiger partial charge in [0.1, 0.15) is 28.7 Å². The van der Waals surface area contributed by atoms with Crippen molar-refractivity contribution in [1.29, 1.82) is 0 Å². The molecule has 38 heavy (non-hydrogen) atoms. The van der Waals surface area contributed by atoms with Crippen molar-refractivity contribution in [2.24, 2.45) is 5.92 Å². The van der Waals surface area contributed by atoms with Gasteiger partial charge in [-0.1, -0.05) is 47.9 Å². The summed E-state index contributed by atoms with van der Waals surface area (Å²) < 4.78 is 16.7. The minimum Gasteiger partial charge on any atom is -0.508 e. The van der Waals surface area contributed by atoms with Crippen LogP contribution in [0.1, 0.15) is 16.7 Å². The molecule has 0 saturated heterocycles. The smallest absolute Gasteiger partial charge is 0.221 e. The van der Waals surface area contributed by atoms with Crippen LogP contribution in [0.15, 0.2) is 72.1 Å². The van der Waals surface area contributed by atoms with E-state index in [4.69, 9.17) is 25.7 Å². The highest BCUT2D eigenvalue weighted by atomic mass is 16.5. The number of ether oxygens (including phenoxy) is 3. The van der Waals surface area contributed by atoms with Crippen molar-refractivity contribution in [3.05, 3.63) is 94.9 Å². The van der Waals surface area contributed by atoms with Crippen LogP contribution in [0.3, 0.4) is 0 Å². The summed E-state index contributed by atoms with van der Waals surface area (Å²) in [6.07, 6.45) is 6.51. The largest absolute Gasteiger partial charge is 0.508 e. The second-order valence-corrected chi connectivity index (χ2v) is 8.34. The minimum atomic E-state index is -1.32. The number of benzene rings is 2. The van der Waals surface area contributed by atoms with Gasteiger partial charge in [-0.15, -0.1) is 0 Å². The van der Waals surface area contributed by atoms with Crippen LogP contribution in [-0.4, -0.2) is 42.0 Å². The summed E-state index contributed by atoms with van der Waals surface area (Å²) in [4.78, 5) is 8.05. The van der Waals surface area contributed by atoms with Gasteiger partial charge >= 0.3 is 0 Å². The lowest BCUT2D eigenvalue weighted by Gasteiger charge is -2.33. The number of aliphatic hydroxyl groups excluding tert-OH is 1. The minimum absolute atomic E-state index is 0.0540. The molecule has 8 nitrogen and oxygen atoms in total. The molecule has 0 spiro atoms. The van der Waals surface area contributed by atoms with Crippen LogP contribution in [0, 0.1) is 35.7 Å². The van der Waals surface area contributed by atoms with Gasteiger partial charge in [-0.05, 0) is 36.4 Å². The van der Waals surface area contributed by atoms with Gasteiger partial charge in [0.05, 0.1) is 36.8 Å². The zero-order valence-corrected chi connectivity index (χ0v) is 21.3. The van der Waals surface area contributed by atoms with Crippen molar-refractivity contribution in [2.45, 2.75) is 12.0 Å². The fourth-order valence-electron chi connectivity index (χ4n) is 3.98. The van der Waals surface area contributed by atoms with E-state index in [2.05, 4.69) is 39.7 Å². The first-order valence-electron chi connectivity index (χ1n) is 11.7. The van der Waals surface area contributed by atoms with Crippen LogP contribution < -0.4 is 20.9 Å². The molecule has 0 bridgehead atoms. The van der Waals surface area contributed by atoms with E-state index in [1.807, 2.05) is 48.5 Å². The zero-order valence-electron chi connectivity index (χ0n) is 21.3. The topological polar surface area (TPSA) is 126 Å². The quantitative estimate of drug-likeness (QED) is 0.448. The third-order valence-corrected chi connectivity index (χ3v) is 6.06. The molecule has 191 valence electrons. The summed E-state index contributed by atoms with van der Waals surface area (Å²) in [6, 6.07) is 14.8. The van der Waals surface area contributed by atoms with Crippen LogP contribution in [0.4, 0.5) is 11.8 Å². The molecule has 1 aromatic heterocycles. The first kappa shape index (κ1) is 26.2. The summed E-state index contributed by atoms with van der Waals surface area (Å²) in [5, 5.41) is 11.6. The van der Waals surface area contributed by atoms with Crippen molar-refractivity contribution in [3.63, 3.8) is 0 Å². The lowest BCUT2D eigenvalue weighted by Crippen LogP contribution is -2.38. The highest BCUT2D eigenvalue weighted by molar-refractivity contribution is 5.56. The molecule has 2 atom stereocenters. The Labute approximate surface area is 222 Å². The number of aliphatic hydroxyl groups is 1. The van der Waals surface area contributed by atoms with E-state index in [1.165, 1.54) is 13.3 Å². The molecule has 0 saturated carbocycles. The molecule has 8 heteroatoms. The van der Waals surface area contributed by atoms with Crippen LogP contribution >= 0.6 is 0 Å². The molecule has 1 heterocycles. The lowest BCUT2D eigenvalue weighted by atomic mass is 9.81. The van der Waals surface area contributed by atoms with E-state index in [-0.39, 0.29) is 23.9 Å². The molecule has 0 amide bonds. The predicted octanol–water partition coefficient (Wildman–Crippen LogP) is 3.49. The van der Waals surface area contributed by atoms with Crippen molar-refractivity contribution < 1.29 is 19.3 Å². The van der Waals surface area contributed by atoms with Gasteiger partial charge in [0.15, 0.2) is 0 Å². The van der Waals surface area contributed by atoms with Gasteiger partial charge in [-0.3, -0.25) is 0 Å². The molecule has 4 rings (SSSR count). The maximum absolute atomic E-state index is 11.6. The molecule has 1 aliphatic rings. The molecule has 3 aromatic rings. The second-order valence-electron chi connectivity index (χ2n) is 8.34. The Bertz CT molecular complexity index is 1520. The van der Waals surface area contributed by atoms with Gasteiger partial charge in [-0.2, -0.15) is 4.98 Å². The molecule has 2 aromatic carbocycles. The monoisotopic (exact) mass is 507 g/mol. The Morgan fingerprint density at radius 2 is 1.58 bits per heavy atom. The Kier molecular flexibility index (Phi) is 7.86. The van der Waals surface area contributed by atoms with E-state index in [0.717, 1.165) is 0 Å². The standard InChI is InChI=1S/C30H27N4O4/c1-36-25-10-6-4-8-21(25)13-12-20-16-17-30(38-3,18-23-19-33-29(32)34-28(23)31)27(35)24(20)15-14-22-9-5-7-11-26(22)37-2/h4-11,17,19-20,35H,18H2,1-3H3,(H4,31,32,33,34). The number of nitrogens with two attached hydrogens (primary N) is 2. The van der Waals surface area contributed by atoms with Gasteiger partial charge < -0.3 is 30.8 Å².